The molecule has 1 aromatic rings. The van der Waals surface area contributed by atoms with Gasteiger partial charge in [0.15, 0.2) is 5.78 Å². The number of ketones is 1. The lowest BCUT2D eigenvalue weighted by Crippen LogP contribution is -2.40. The van der Waals surface area contributed by atoms with Gasteiger partial charge in [-0.15, -0.1) is 0 Å². The van der Waals surface area contributed by atoms with Crippen molar-refractivity contribution in [3.05, 3.63) is 42.0 Å². The number of hydrogen-bond acceptors (Lipinski definition) is 5. The quantitative estimate of drug-likeness (QED) is 0.267. The summed E-state index contributed by atoms with van der Waals surface area (Å²) < 4.78 is 5.26. The Morgan fingerprint density at radius 3 is 2.30 bits per heavy atom. The fraction of sp³-hybridized carbons (Fsp3) is 0.429. The normalized spacial score (nSPS) is 35.1. The molecular weight excluding hydrogens is 346 g/mol. The summed E-state index contributed by atoms with van der Waals surface area (Å²) in [7, 11) is 0. The maximum atomic E-state index is 12.9. The minimum Gasteiger partial charge on any atom is -0.425 e. The van der Waals surface area contributed by atoms with Crippen LogP contribution in [-0.4, -0.2) is 35.0 Å². The first-order chi connectivity index (χ1) is 13.0. The molecule has 138 valence electrons. The lowest BCUT2D eigenvalue weighted by molar-refractivity contribution is -0.148. The maximum absolute atomic E-state index is 12.9. The van der Waals surface area contributed by atoms with E-state index in [1.54, 1.807) is 18.2 Å². The van der Waals surface area contributed by atoms with E-state index < -0.39 is 5.97 Å². The van der Waals surface area contributed by atoms with Crippen LogP contribution >= 0.6 is 0 Å². The molecule has 4 aliphatic carbocycles. The summed E-state index contributed by atoms with van der Waals surface area (Å²) in [6.07, 6.45) is 5.30. The van der Waals surface area contributed by atoms with E-state index in [2.05, 4.69) is 12.2 Å². The number of rotatable bonds is 4. The van der Waals surface area contributed by atoms with E-state index in [0.29, 0.717) is 17.4 Å². The van der Waals surface area contributed by atoms with Crippen molar-refractivity contribution in [1.29, 1.82) is 0 Å². The van der Waals surface area contributed by atoms with Crippen molar-refractivity contribution < 1.29 is 23.9 Å². The second-order valence-electron chi connectivity index (χ2n) is 7.98. The molecule has 6 heteroatoms. The Morgan fingerprint density at radius 1 is 1.07 bits per heavy atom. The number of ether oxygens (including phenoxy) is 1. The van der Waals surface area contributed by atoms with Gasteiger partial charge in [0.1, 0.15) is 12.3 Å². The third kappa shape index (κ3) is 2.39. The molecule has 0 radical (unpaired) electrons. The first-order valence-corrected chi connectivity index (χ1v) is 9.31. The SMILES string of the molecule is CC(=O)c1cccc(OC(=O)CN2C(=O)[C@@H]3[C@H]4C=C[C@@H]([C@@H]5C[C@H]45)[C@H]3C2=O)c1. The van der Waals surface area contributed by atoms with Crippen LogP contribution in [0.4, 0.5) is 0 Å². The van der Waals surface area contributed by atoms with Crippen LogP contribution in [0.5, 0.6) is 5.75 Å². The Kier molecular flexibility index (Phi) is 3.41. The molecule has 0 unspecified atom stereocenters. The molecule has 5 aliphatic rings. The summed E-state index contributed by atoms with van der Waals surface area (Å²) in [5.41, 5.74) is 0.432. The zero-order chi connectivity index (χ0) is 18.9. The van der Waals surface area contributed by atoms with Crippen LogP contribution in [0.25, 0.3) is 0 Å². The molecule has 3 fully saturated rings. The smallest absolute Gasteiger partial charge is 0.331 e. The van der Waals surface area contributed by atoms with Gasteiger partial charge in [-0.05, 0) is 49.1 Å². The van der Waals surface area contributed by atoms with E-state index >= 15 is 0 Å². The second-order valence-corrected chi connectivity index (χ2v) is 7.98. The first kappa shape index (κ1) is 16.4. The molecule has 6 nitrogen and oxygen atoms in total. The molecule has 1 aromatic carbocycles. The highest BCUT2D eigenvalue weighted by molar-refractivity contribution is 6.08. The van der Waals surface area contributed by atoms with Crippen LogP contribution in [0.2, 0.25) is 0 Å². The van der Waals surface area contributed by atoms with Gasteiger partial charge in [-0.3, -0.25) is 19.3 Å². The highest BCUT2D eigenvalue weighted by Gasteiger charge is 2.67. The number of benzene rings is 1. The number of esters is 1. The molecule has 27 heavy (non-hydrogen) atoms. The summed E-state index contributed by atoms with van der Waals surface area (Å²) in [4.78, 5) is 50.6. The van der Waals surface area contributed by atoms with E-state index in [1.165, 1.54) is 13.0 Å². The average Bonchev–Trinajstić information content (AvgIpc) is 3.43. The lowest BCUT2D eigenvalue weighted by atomic mass is 9.63. The second kappa shape index (κ2) is 5.62. The van der Waals surface area contributed by atoms with Gasteiger partial charge in [0.25, 0.3) is 0 Å². The summed E-state index contributed by atoms with van der Waals surface area (Å²) in [5.74, 6) is -0.386. The van der Waals surface area contributed by atoms with Gasteiger partial charge in [-0.25, -0.2) is 4.79 Å². The molecule has 0 aromatic heterocycles. The lowest BCUT2D eigenvalue weighted by Gasteiger charge is -2.37. The molecule has 1 aliphatic heterocycles. The zero-order valence-electron chi connectivity index (χ0n) is 14.8. The molecule has 1 saturated heterocycles. The molecule has 0 N–H and O–H groups in total. The highest BCUT2D eigenvalue weighted by Crippen LogP contribution is 2.65. The summed E-state index contributed by atoms with van der Waals surface area (Å²) in [6, 6.07) is 6.29. The number of carbonyl (C=O) groups excluding carboxylic acids is 4. The van der Waals surface area contributed by atoms with Crippen molar-refractivity contribution in [2.75, 3.05) is 6.54 Å². The van der Waals surface area contributed by atoms with Crippen LogP contribution < -0.4 is 4.74 Å². The monoisotopic (exact) mass is 365 g/mol. The third-order valence-electron chi connectivity index (χ3n) is 6.51. The van der Waals surface area contributed by atoms with Crippen molar-refractivity contribution >= 4 is 23.6 Å². The Bertz CT molecular complexity index is 883. The highest BCUT2D eigenvalue weighted by atomic mass is 16.5. The van der Waals surface area contributed by atoms with Crippen LogP contribution in [0.3, 0.4) is 0 Å². The third-order valence-corrected chi connectivity index (χ3v) is 6.51. The predicted octanol–water partition coefficient (Wildman–Crippen LogP) is 1.85. The summed E-state index contributed by atoms with van der Waals surface area (Å²) in [6.45, 7) is 1.04. The van der Waals surface area contributed by atoms with E-state index in [1.807, 2.05) is 0 Å². The number of Topliss-reactive ketones (excluding diaryl/α,β-unsaturated/α-hetero) is 1. The maximum Gasteiger partial charge on any atom is 0.331 e. The van der Waals surface area contributed by atoms with Gasteiger partial charge < -0.3 is 4.74 Å². The number of amides is 2. The van der Waals surface area contributed by atoms with Gasteiger partial charge in [0.05, 0.1) is 11.8 Å². The molecular formula is C21H19NO5. The van der Waals surface area contributed by atoms with Gasteiger partial charge in [0, 0.05) is 5.56 Å². The van der Waals surface area contributed by atoms with Gasteiger partial charge in [-0.2, -0.15) is 0 Å². The van der Waals surface area contributed by atoms with Gasteiger partial charge in [-0.1, -0.05) is 24.3 Å². The van der Waals surface area contributed by atoms with E-state index in [0.717, 1.165) is 11.3 Å². The largest absolute Gasteiger partial charge is 0.425 e. The van der Waals surface area contributed by atoms with Crippen molar-refractivity contribution in [2.45, 2.75) is 13.3 Å². The van der Waals surface area contributed by atoms with Crippen molar-refractivity contribution in [2.24, 2.45) is 35.5 Å². The Hall–Kier alpha value is -2.76. The number of nitrogens with zero attached hydrogens (tertiary/aromatic N) is 1. The van der Waals surface area contributed by atoms with Crippen molar-refractivity contribution in [1.82, 2.24) is 4.90 Å². The molecule has 2 amide bonds. The molecule has 2 bridgehead atoms. The number of carbonyl (C=O) groups is 4. The Labute approximate surface area is 156 Å². The molecule has 2 saturated carbocycles. The van der Waals surface area contributed by atoms with E-state index in [4.69, 9.17) is 4.74 Å². The fourth-order valence-electron chi connectivity index (χ4n) is 5.25. The van der Waals surface area contributed by atoms with Crippen LogP contribution in [-0.2, 0) is 14.4 Å². The number of allylic oxidation sites excluding steroid dienone is 2. The van der Waals surface area contributed by atoms with Crippen LogP contribution in [0.15, 0.2) is 36.4 Å². The zero-order valence-corrected chi connectivity index (χ0v) is 14.8. The van der Waals surface area contributed by atoms with Crippen molar-refractivity contribution in [3.8, 4) is 5.75 Å². The first-order valence-electron chi connectivity index (χ1n) is 9.31. The number of likely N-dealkylation sites (tertiary alicyclic amines) is 1. The van der Waals surface area contributed by atoms with Crippen LogP contribution in [0, 0.1) is 35.5 Å². The molecule has 1 heterocycles. The number of imide groups is 1. The number of hydrogen-bond donors (Lipinski definition) is 0. The van der Waals surface area contributed by atoms with Crippen LogP contribution in [0.1, 0.15) is 23.7 Å². The van der Waals surface area contributed by atoms with Gasteiger partial charge >= 0.3 is 5.97 Å². The van der Waals surface area contributed by atoms with Gasteiger partial charge in [0.2, 0.25) is 11.8 Å². The Morgan fingerprint density at radius 2 is 1.70 bits per heavy atom. The topological polar surface area (TPSA) is 80.8 Å². The van der Waals surface area contributed by atoms with E-state index in [-0.39, 0.29) is 53.6 Å². The molecule has 0 spiro atoms. The predicted molar refractivity (Wildman–Crippen MR) is 93.5 cm³/mol. The minimum atomic E-state index is -0.679. The molecule has 6 rings (SSSR count). The Balaban J connectivity index is 1.31. The fourth-order valence-corrected chi connectivity index (χ4v) is 5.25. The van der Waals surface area contributed by atoms with Crippen molar-refractivity contribution in [3.63, 3.8) is 0 Å². The standard InChI is InChI=1S/C21H19NO5/c1-10(23)11-3-2-4-12(7-11)27-17(24)9-22-20(25)18-13-5-6-14(16-8-15(13)16)19(18)21(22)26/h2-7,13-16,18-19H,8-9H2,1H3/t13-,14-,15-,16+,18+,19+/m0/s1. The minimum absolute atomic E-state index is 0.134. The van der Waals surface area contributed by atoms with E-state index in [9.17, 15) is 19.2 Å². The molecule has 6 atom stereocenters. The summed E-state index contributed by atoms with van der Waals surface area (Å²) in [5, 5.41) is 0. The average molecular weight is 365 g/mol. The summed E-state index contributed by atoms with van der Waals surface area (Å²) >= 11 is 0.